The lowest BCUT2D eigenvalue weighted by atomic mass is 9.87. The van der Waals surface area contributed by atoms with Gasteiger partial charge in [-0.3, -0.25) is 0 Å². The Morgan fingerprint density at radius 2 is 2.38 bits per heavy atom. The van der Waals surface area contributed by atoms with Crippen LogP contribution in [0.4, 0.5) is 0 Å². The van der Waals surface area contributed by atoms with Crippen molar-refractivity contribution in [3.63, 3.8) is 0 Å². The van der Waals surface area contributed by atoms with E-state index >= 15 is 0 Å². The summed E-state index contributed by atoms with van der Waals surface area (Å²) < 4.78 is 1.95. The third kappa shape index (κ3) is 2.26. The normalized spacial score (nSPS) is 23.8. The van der Waals surface area contributed by atoms with Gasteiger partial charge in [0.2, 0.25) is 0 Å². The second-order valence-electron chi connectivity index (χ2n) is 5.31. The Bertz CT molecular complexity index is 343. The van der Waals surface area contributed by atoms with Crippen LogP contribution in [0.3, 0.4) is 0 Å². The highest BCUT2D eigenvalue weighted by molar-refractivity contribution is 4.92. The van der Waals surface area contributed by atoms with Crippen LogP contribution < -0.4 is 5.32 Å². The Morgan fingerprint density at radius 1 is 1.56 bits per heavy atom. The van der Waals surface area contributed by atoms with Gasteiger partial charge in [-0.2, -0.15) is 5.10 Å². The molecule has 0 saturated heterocycles. The standard InChI is InChI=1S/C12H22N4/c1-4-16-11(14-9-15-16)8-13-10-6-5-7-12(10,2)3/h9-10,13H,4-8H2,1-3H3. The first-order valence-electron chi connectivity index (χ1n) is 6.23. The van der Waals surface area contributed by atoms with E-state index in [4.69, 9.17) is 0 Å². The second-order valence-corrected chi connectivity index (χ2v) is 5.31. The predicted molar refractivity (Wildman–Crippen MR) is 64.0 cm³/mol. The highest BCUT2D eigenvalue weighted by Gasteiger charge is 2.33. The molecule has 1 aliphatic carbocycles. The van der Waals surface area contributed by atoms with E-state index in [9.17, 15) is 0 Å². The zero-order chi connectivity index (χ0) is 11.6. The summed E-state index contributed by atoms with van der Waals surface area (Å²) in [5, 5.41) is 7.81. The van der Waals surface area contributed by atoms with Crippen LogP contribution in [0.1, 0.15) is 45.9 Å². The highest BCUT2D eigenvalue weighted by atomic mass is 15.3. The Kier molecular flexibility index (Phi) is 3.28. The molecule has 0 bridgehead atoms. The summed E-state index contributed by atoms with van der Waals surface area (Å²) in [7, 11) is 0. The quantitative estimate of drug-likeness (QED) is 0.847. The zero-order valence-electron chi connectivity index (χ0n) is 10.5. The van der Waals surface area contributed by atoms with Gasteiger partial charge in [0.25, 0.3) is 0 Å². The molecule has 1 aromatic rings. The maximum Gasteiger partial charge on any atom is 0.140 e. The van der Waals surface area contributed by atoms with Gasteiger partial charge in [0.1, 0.15) is 12.2 Å². The lowest BCUT2D eigenvalue weighted by molar-refractivity contribution is 0.279. The van der Waals surface area contributed by atoms with Gasteiger partial charge >= 0.3 is 0 Å². The average molecular weight is 222 g/mol. The number of hydrogen-bond acceptors (Lipinski definition) is 3. The van der Waals surface area contributed by atoms with Gasteiger partial charge in [-0.25, -0.2) is 9.67 Å². The molecule has 0 aliphatic heterocycles. The first-order valence-corrected chi connectivity index (χ1v) is 6.23. The molecule has 1 heterocycles. The molecule has 1 saturated carbocycles. The topological polar surface area (TPSA) is 42.7 Å². The van der Waals surface area contributed by atoms with Gasteiger partial charge in [-0.1, -0.05) is 20.3 Å². The van der Waals surface area contributed by atoms with Gasteiger partial charge in [0.15, 0.2) is 0 Å². The molecular weight excluding hydrogens is 200 g/mol. The van der Waals surface area contributed by atoms with E-state index in [1.54, 1.807) is 6.33 Å². The summed E-state index contributed by atoms with van der Waals surface area (Å²) >= 11 is 0. The fourth-order valence-corrected chi connectivity index (χ4v) is 2.61. The molecule has 4 heteroatoms. The van der Waals surface area contributed by atoms with Crippen LogP contribution in [0.15, 0.2) is 6.33 Å². The second kappa shape index (κ2) is 4.53. The van der Waals surface area contributed by atoms with Gasteiger partial charge in [-0.05, 0) is 25.2 Å². The van der Waals surface area contributed by atoms with Crippen molar-refractivity contribution in [2.45, 2.75) is 59.2 Å². The highest BCUT2D eigenvalue weighted by Crippen LogP contribution is 2.37. The number of aromatic nitrogens is 3. The van der Waals surface area contributed by atoms with Crippen LogP contribution in [0.2, 0.25) is 0 Å². The molecule has 0 radical (unpaired) electrons. The first kappa shape index (κ1) is 11.6. The third-order valence-electron chi connectivity index (χ3n) is 3.76. The van der Waals surface area contributed by atoms with E-state index in [1.807, 2.05) is 4.68 Å². The molecule has 0 spiro atoms. The molecule has 0 amide bonds. The Balaban J connectivity index is 1.92. The molecule has 16 heavy (non-hydrogen) atoms. The largest absolute Gasteiger partial charge is 0.307 e. The summed E-state index contributed by atoms with van der Waals surface area (Å²) in [5.41, 5.74) is 0.428. The maximum atomic E-state index is 4.29. The lowest BCUT2D eigenvalue weighted by Gasteiger charge is -2.27. The van der Waals surface area contributed by atoms with E-state index in [2.05, 4.69) is 36.2 Å². The van der Waals surface area contributed by atoms with Crippen molar-refractivity contribution in [3.8, 4) is 0 Å². The average Bonchev–Trinajstić information content (AvgIpc) is 2.81. The Hall–Kier alpha value is -0.900. The van der Waals surface area contributed by atoms with Crippen molar-refractivity contribution in [1.82, 2.24) is 20.1 Å². The van der Waals surface area contributed by atoms with Crippen LogP contribution in [-0.4, -0.2) is 20.8 Å². The van der Waals surface area contributed by atoms with Crippen LogP contribution in [0.25, 0.3) is 0 Å². The van der Waals surface area contributed by atoms with Gasteiger partial charge in [0.05, 0.1) is 6.54 Å². The monoisotopic (exact) mass is 222 g/mol. The molecule has 1 N–H and O–H groups in total. The Labute approximate surface area is 97.5 Å². The van der Waals surface area contributed by atoms with Crippen molar-refractivity contribution < 1.29 is 0 Å². The number of aryl methyl sites for hydroxylation is 1. The van der Waals surface area contributed by atoms with Gasteiger partial charge in [0, 0.05) is 12.6 Å². The molecule has 0 aromatic carbocycles. The summed E-state index contributed by atoms with van der Waals surface area (Å²) in [6.07, 6.45) is 5.59. The summed E-state index contributed by atoms with van der Waals surface area (Å²) in [6, 6.07) is 0.620. The Morgan fingerprint density at radius 3 is 3.00 bits per heavy atom. The number of hydrogen-bond donors (Lipinski definition) is 1. The lowest BCUT2D eigenvalue weighted by Crippen LogP contribution is -2.37. The van der Waals surface area contributed by atoms with E-state index < -0.39 is 0 Å². The van der Waals surface area contributed by atoms with Gasteiger partial charge in [-0.15, -0.1) is 0 Å². The molecular formula is C12H22N4. The van der Waals surface area contributed by atoms with Gasteiger partial charge < -0.3 is 5.32 Å². The summed E-state index contributed by atoms with van der Waals surface area (Å²) in [5.74, 6) is 1.05. The molecule has 90 valence electrons. The van der Waals surface area contributed by atoms with Crippen LogP contribution >= 0.6 is 0 Å². The minimum Gasteiger partial charge on any atom is -0.307 e. The molecule has 1 unspecified atom stereocenters. The maximum absolute atomic E-state index is 4.29. The first-order chi connectivity index (χ1) is 7.63. The van der Waals surface area contributed by atoms with E-state index in [-0.39, 0.29) is 0 Å². The third-order valence-corrected chi connectivity index (χ3v) is 3.76. The van der Waals surface area contributed by atoms with E-state index in [0.717, 1.165) is 18.9 Å². The molecule has 1 fully saturated rings. The molecule has 2 rings (SSSR count). The van der Waals surface area contributed by atoms with Crippen LogP contribution in [-0.2, 0) is 13.1 Å². The smallest absolute Gasteiger partial charge is 0.140 e. The van der Waals surface area contributed by atoms with E-state index in [1.165, 1.54) is 19.3 Å². The minimum atomic E-state index is 0.428. The number of nitrogens with zero attached hydrogens (tertiary/aromatic N) is 3. The summed E-state index contributed by atoms with van der Waals surface area (Å²) in [4.78, 5) is 4.29. The van der Waals surface area contributed by atoms with Crippen molar-refractivity contribution in [3.05, 3.63) is 12.2 Å². The van der Waals surface area contributed by atoms with Crippen LogP contribution in [0, 0.1) is 5.41 Å². The molecule has 1 aliphatic rings. The SMILES string of the molecule is CCn1ncnc1CNC1CCCC1(C)C. The summed E-state index contributed by atoms with van der Waals surface area (Å²) in [6.45, 7) is 8.52. The van der Waals surface area contributed by atoms with Crippen LogP contribution in [0.5, 0.6) is 0 Å². The minimum absolute atomic E-state index is 0.428. The van der Waals surface area contributed by atoms with Crippen molar-refractivity contribution in [2.24, 2.45) is 5.41 Å². The van der Waals surface area contributed by atoms with E-state index in [0.29, 0.717) is 11.5 Å². The number of nitrogens with one attached hydrogen (secondary N) is 1. The van der Waals surface area contributed by atoms with Crippen molar-refractivity contribution >= 4 is 0 Å². The zero-order valence-corrected chi connectivity index (χ0v) is 10.5. The van der Waals surface area contributed by atoms with Crippen molar-refractivity contribution in [2.75, 3.05) is 0 Å². The fourth-order valence-electron chi connectivity index (χ4n) is 2.61. The fraction of sp³-hybridized carbons (Fsp3) is 0.833. The molecule has 1 aromatic heterocycles. The predicted octanol–water partition coefficient (Wildman–Crippen LogP) is 1.97. The number of rotatable bonds is 4. The molecule has 4 nitrogen and oxygen atoms in total. The van der Waals surface area contributed by atoms with Crippen molar-refractivity contribution in [1.29, 1.82) is 0 Å². The molecule has 1 atom stereocenters.